The zero-order chi connectivity index (χ0) is 10.3. The van der Waals surface area contributed by atoms with Crippen LogP contribution in [0.4, 0.5) is 0 Å². The minimum absolute atomic E-state index is 0.212. The van der Waals surface area contributed by atoms with Crippen LogP contribution in [0.15, 0.2) is 0 Å². The number of halogens is 3. The van der Waals surface area contributed by atoms with Crippen molar-refractivity contribution in [1.29, 1.82) is 0 Å². The lowest BCUT2D eigenvalue weighted by atomic mass is 10.3. The molecule has 0 spiro atoms. The maximum absolute atomic E-state index is 10.9. The first-order valence-electron chi connectivity index (χ1n) is 4.01. The lowest BCUT2D eigenvalue weighted by Gasteiger charge is -2.13. The van der Waals surface area contributed by atoms with Crippen molar-refractivity contribution >= 4 is 45.7 Å². The van der Waals surface area contributed by atoms with E-state index in [9.17, 15) is 4.79 Å². The second-order valence-corrected chi connectivity index (χ2v) is 10.1. The van der Waals surface area contributed by atoms with Gasteiger partial charge >= 0.3 is 5.97 Å². The number of rotatable bonds is 6. The Kier molecular flexibility index (Phi) is 7.42. The van der Waals surface area contributed by atoms with Crippen LogP contribution >= 0.6 is 39.7 Å². The van der Waals surface area contributed by atoms with Crippen molar-refractivity contribution in [2.75, 3.05) is 12.4 Å². The third-order valence-electron chi connectivity index (χ3n) is 1.22. The molecule has 0 radical (unpaired) electrons. The van der Waals surface area contributed by atoms with Gasteiger partial charge in [-0.3, -0.25) is 4.79 Å². The van der Waals surface area contributed by atoms with E-state index < -0.39 is 7.67 Å². The summed E-state index contributed by atoms with van der Waals surface area (Å²) in [5, 5.41) is 0. The molecule has 0 saturated heterocycles. The van der Waals surface area contributed by atoms with Crippen LogP contribution in [0, 0.1) is 0 Å². The van der Waals surface area contributed by atoms with Crippen LogP contribution in [0.5, 0.6) is 0 Å². The van der Waals surface area contributed by atoms with E-state index in [0.717, 1.165) is 6.42 Å². The molecule has 0 amide bonds. The van der Waals surface area contributed by atoms with E-state index in [-0.39, 0.29) is 5.97 Å². The summed E-state index contributed by atoms with van der Waals surface area (Å²) in [6, 6.07) is 0. The first-order valence-corrected chi connectivity index (χ1v) is 8.29. The summed E-state index contributed by atoms with van der Waals surface area (Å²) in [5.41, 5.74) is 0. The van der Waals surface area contributed by atoms with Gasteiger partial charge in [0, 0.05) is 12.2 Å². The van der Waals surface area contributed by atoms with Crippen LogP contribution in [0.2, 0.25) is 0 Å². The first-order chi connectivity index (χ1) is 5.95. The molecule has 0 aromatic carbocycles. The minimum Gasteiger partial charge on any atom is -0.466 e. The lowest BCUT2D eigenvalue weighted by Crippen LogP contribution is -2.05. The fourth-order valence-electron chi connectivity index (χ4n) is 0.668. The SMILES string of the molecule is CCCOC(=O)CCCS(Cl)(Cl)Cl. The van der Waals surface area contributed by atoms with Gasteiger partial charge in [0.2, 0.25) is 0 Å². The topological polar surface area (TPSA) is 26.3 Å². The van der Waals surface area contributed by atoms with E-state index in [2.05, 4.69) is 0 Å². The molecular formula is C7H13Cl3O2S. The molecule has 0 fully saturated rings. The van der Waals surface area contributed by atoms with Crippen LogP contribution in [-0.4, -0.2) is 18.3 Å². The monoisotopic (exact) mass is 266 g/mol. The zero-order valence-electron chi connectivity index (χ0n) is 7.39. The van der Waals surface area contributed by atoms with E-state index in [1.54, 1.807) is 0 Å². The maximum atomic E-state index is 10.9. The molecule has 6 heteroatoms. The van der Waals surface area contributed by atoms with Gasteiger partial charge in [-0.15, -0.1) is 0 Å². The van der Waals surface area contributed by atoms with Crippen LogP contribution in [-0.2, 0) is 9.53 Å². The highest BCUT2D eigenvalue weighted by Crippen LogP contribution is 2.63. The molecule has 80 valence electrons. The molecule has 0 aromatic rings. The van der Waals surface area contributed by atoms with Crippen molar-refractivity contribution < 1.29 is 9.53 Å². The molecule has 2 nitrogen and oxygen atoms in total. The van der Waals surface area contributed by atoms with Gasteiger partial charge in [-0.25, -0.2) is 0 Å². The average Bonchev–Trinajstić information content (AvgIpc) is 1.98. The van der Waals surface area contributed by atoms with Gasteiger partial charge in [0.05, 0.1) is 6.61 Å². The summed E-state index contributed by atoms with van der Waals surface area (Å²) in [5.74, 6) is 0.245. The van der Waals surface area contributed by atoms with E-state index >= 15 is 0 Å². The molecular weight excluding hydrogens is 255 g/mol. The fourth-order valence-corrected chi connectivity index (χ4v) is 2.12. The Morgan fingerprint density at radius 3 is 2.46 bits per heavy atom. The normalized spacial score (nSPS) is 12.6. The molecule has 0 bridgehead atoms. The first kappa shape index (κ1) is 13.7. The van der Waals surface area contributed by atoms with Crippen molar-refractivity contribution in [1.82, 2.24) is 0 Å². The van der Waals surface area contributed by atoms with Crippen molar-refractivity contribution in [2.24, 2.45) is 0 Å². The highest BCUT2D eigenvalue weighted by molar-refractivity contribution is 8.79. The molecule has 0 rings (SSSR count). The van der Waals surface area contributed by atoms with Gasteiger partial charge in [0.25, 0.3) is 0 Å². The molecule has 0 aliphatic carbocycles. The summed E-state index contributed by atoms with van der Waals surface area (Å²) in [7, 11) is 14.7. The number of hydrogen-bond acceptors (Lipinski definition) is 2. The van der Waals surface area contributed by atoms with E-state index in [1.807, 2.05) is 6.92 Å². The molecule has 0 saturated carbocycles. The van der Waals surface area contributed by atoms with Crippen LogP contribution in [0.1, 0.15) is 26.2 Å². The van der Waals surface area contributed by atoms with E-state index in [4.69, 9.17) is 36.8 Å². The van der Waals surface area contributed by atoms with Gasteiger partial charge in [-0.05, 0) is 52.6 Å². The number of hydrogen-bond donors (Lipinski definition) is 0. The molecule has 0 N–H and O–H groups in total. The highest BCUT2D eigenvalue weighted by Gasteiger charge is 2.13. The zero-order valence-corrected chi connectivity index (χ0v) is 10.5. The second kappa shape index (κ2) is 7.04. The molecule has 0 aromatic heterocycles. The average molecular weight is 268 g/mol. The molecule has 0 aliphatic heterocycles. The molecule has 0 aliphatic rings. The number of carbonyl (C=O) groups excluding carboxylic acids is 1. The fraction of sp³-hybridized carbons (Fsp3) is 0.857. The summed E-state index contributed by atoms with van der Waals surface area (Å²) in [6.45, 7) is 2.41. The minimum atomic E-state index is -2.03. The Morgan fingerprint density at radius 1 is 1.38 bits per heavy atom. The van der Waals surface area contributed by atoms with Gasteiger partial charge in [0.1, 0.15) is 0 Å². The highest BCUT2D eigenvalue weighted by atomic mass is 36.2. The number of esters is 1. The molecule has 0 atom stereocenters. The van der Waals surface area contributed by atoms with Crippen molar-refractivity contribution in [3.8, 4) is 0 Å². The van der Waals surface area contributed by atoms with Crippen LogP contribution in [0.3, 0.4) is 0 Å². The van der Waals surface area contributed by atoms with Crippen molar-refractivity contribution in [3.05, 3.63) is 0 Å². The standard InChI is InChI=1S/C7H13Cl3O2S/c1-2-5-12-7(11)4-3-6-13(8,9)10/h2-6H2,1H3. The van der Waals surface area contributed by atoms with E-state index in [1.165, 1.54) is 0 Å². The van der Waals surface area contributed by atoms with Crippen LogP contribution < -0.4 is 0 Å². The smallest absolute Gasteiger partial charge is 0.305 e. The molecule has 0 unspecified atom stereocenters. The summed E-state index contributed by atoms with van der Waals surface area (Å²) in [6.07, 6.45) is 1.75. The predicted octanol–water partition coefficient (Wildman–Crippen LogP) is 3.99. The second-order valence-electron chi connectivity index (χ2n) is 2.53. The quantitative estimate of drug-likeness (QED) is 0.680. The molecule has 13 heavy (non-hydrogen) atoms. The van der Waals surface area contributed by atoms with Crippen molar-refractivity contribution in [3.63, 3.8) is 0 Å². The third kappa shape index (κ3) is 10.6. The Bertz CT molecular complexity index is 158. The van der Waals surface area contributed by atoms with Gasteiger partial charge in [-0.2, -0.15) is 0 Å². The summed E-state index contributed by atoms with van der Waals surface area (Å²) >= 11 is 0. The maximum Gasteiger partial charge on any atom is 0.305 e. The van der Waals surface area contributed by atoms with Gasteiger partial charge < -0.3 is 4.74 Å². The Morgan fingerprint density at radius 2 is 2.00 bits per heavy atom. The van der Waals surface area contributed by atoms with Crippen LogP contribution in [0.25, 0.3) is 0 Å². The van der Waals surface area contributed by atoms with E-state index in [0.29, 0.717) is 25.2 Å². The third-order valence-corrected chi connectivity index (χ3v) is 3.36. The van der Waals surface area contributed by atoms with Crippen molar-refractivity contribution in [2.45, 2.75) is 26.2 Å². The molecule has 0 heterocycles. The summed E-state index contributed by atoms with van der Waals surface area (Å²) in [4.78, 5) is 10.9. The Hall–Kier alpha value is 0.690. The van der Waals surface area contributed by atoms with Gasteiger partial charge in [0.15, 0.2) is 0 Å². The number of carbonyl (C=O) groups is 1. The Balaban J connectivity index is 3.37. The largest absolute Gasteiger partial charge is 0.466 e. The Labute approximate surface area is 93.7 Å². The van der Waals surface area contributed by atoms with Gasteiger partial charge in [-0.1, -0.05) is 6.92 Å². The lowest BCUT2D eigenvalue weighted by molar-refractivity contribution is -0.143. The number of ether oxygens (including phenoxy) is 1. The predicted molar refractivity (Wildman–Crippen MR) is 60.5 cm³/mol. The summed E-state index contributed by atoms with van der Waals surface area (Å²) < 4.78 is 4.85.